The van der Waals surface area contributed by atoms with Crippen LogP contribution in [0.15, 0.2) is 18.2 Å². The van der Waals surface area contributed by atoms with E-state index < -0.39 is 11.5 Å². The third-order valence-corrected chi connectivity index (χ3v) is 7.79. The van der Waals surface area contributed by atoms with Crippen molar-refractivity contribution in [2.45, 2.75) is 89.5 Å². The van der Waals surface area contributed by atoms with Gasteiger partial charge in [0.15, 0.2) is 0 Å². The van der Waals surface area contributed by atoms with Crippen molar-refractivity contribution < 1.29 is 9.90 Å². The molecular weight excluding hydrogens is 382 g/mol. The Morgan fingerprint density at radius 2 is 1.66 bits per heavy atom. The van der Waals surface area contributed by atoms with Crippen molar-refractivity contribution in [1.29, 1.82) is 0 Å². The van der Waals surface area contributed by atoms with Crippen LogP contribution in [0.25, 0.3) is 0 Å². The zero-order valence-corrected chi connectivity index (χ0v) is 19.1. The van der Waals surface area contributed by atoms with Crippen molar-refractivity contribution in [3.63, 3.8) is 0 Å². The van der Waals surface area contributed by atoms with Gasteiger partial charge >= 0.3 is 5.97 Å². The molecule has 2 aliphatic carbocycles. The molecule has 0 amide bonds. The van der Waals surface area contributed by atoms with E-state index in [2.05, 4.69) is 43.9 Å². The largest absolute Gasteiger partial charge is 0.480 e. The van der Waals surface area contributed by atoms with E-state index in [1.165, 1.54) is 42.4 Å². The number of halogens is 1. The minimum Gasteiger partial charge on any atom is -0.480 e. The molecule has 1 aromatic carbocycles. The Morgan fingerprint density at radius 3 is 2.10 bits per heavy atom. The summed E-state index contributed by atoms with van der Waals surface area (Å²) in [5, 5.41) is 10.7. The summed E-state index contributed by atoms with van der Waals surface area (Å²) >= 11 is 0. The third kappa shape index (κ3) is 4.10. The SMILES string of the molecule is CCCN1CCCCC1(C(=O)O)c1c([C@H](C)C2CC2)cccc1[C@H](C)C1CC1.Cl. The highest BCUT2D eigenvalue weighted by molar-refractivity contribution is 5.85. The Balaban J connectivity index is 0.00000240. The second-order valence-electron chi connectivity index (χ2n) is 9.67. The normalized spacial score (nSPS) is 27.1. The van der Waals surface area contributed by atoms with Gasteiger partial charge in [-0.3, -0.25) is 4.90 Å². The molecule has 2 saturated carbocycles. The quantitative estimate of drug-likeness (QED) is 0.536. The van der Waals surface area contributed by atoms with Crippen LogP contribution in [0.1, 0.15) is 101 Å². The van der Waals surface area contributed by atoms with E-state index in [0.717, 1.165) is 50.6 Å². The first-order chi connectivity index (χ1) is 13.5. The van der Waals surface area contributed by atoms with Gasteiger partial charge in [-0.05, 0) is 105 Å². The highest BCUT2D eigenvalue weighted by atomic mass is 35.5. The van der Waals surface area contributed by atoms with Crippen LogP contribution < -0.4 is 0 Å². The molecule has 0 spiro atoms. The van der Waals surface area contributed by atoms with Crippen molar-refractivity contribution in [3.05, 3.63) is 34.9 Å². The second-order valence-corrected chi connectivity index (χ2v) is 9.67. The molecule has 0 bridgehead atoms. The van der Waals surface area contributed by atoms with Crippen LogP contribution in [-0.2, 0) is 10.3 Å². The number of carboxylic acids is 1. The monoisotopic (exact) mass is 419 g/mol. The van der Waals surface area contributed by atoms with Gasteiger partial charge in [-0.2, -0.15) is 0 Å². The number of nitrogens with zero attached hydrogens (tertiary/aromatic N) is 1. The van der Waals surface area contributed by atoms with Crippen molar-refractivity contribution in [1.82, 2.24) is 4.90 Å². The zero-order chi connectivity index (χ0) is 19.9. The molecule has 1 heterocycles. The maximum atomic E-state index is 13.0. The number of carbonyl (C=O) groups is 1. The summed E-state index contributed by atoms with van der Waals surface area (Å²) in [7, 11) is 0. The third-order valence-electron chi connectivity index (χ3n) is 7.79. The second kappa shape index (κ2) is 8.98. The standard InChI is InChI=1S/C25H37NO2.ClH/c1-4-15-26-16-6-5-14-25(26,24(27)28)23-21(17(2)19-10-11-19)8-7-9-22(23)18(3)20-12-13-20;/h7-9,17-20H,4-6,10-16H2,1-3H3,(H,27,28);1H/t17-,18-,25?;/m1./s1. The van der Waals surface area contributed by atoms with Crippen molar-refractivity contribution in [2.24, 2.45) is 11.8 Å². The fourth-order valence-electron chi connectivity index (χ4n) is 5.76. The van der Waals surface area contributed by atoms with Gasteiger partial charge in [0.2, 0.25) is 0 Å². The summed E-state index contributed by atoms with van der Waals surface area (Å²) in [4.78, 5) is 15.4. The Kier molecular flexibility index (Phi) is 7.00. The van der Waals surface area contributed by atoms with Gasteiger partial charge in [-0.15, -0.1) is 12.4 Å². The number of benzene rings is 1. The van der Waals surface area contributed by atoms with E-state index in [4.69, 9.17) is 0 Å². The van der Waals surface area contributed by atoms with Gasteiger partial charge in [0.25, 0.3) is 0 Å². The summed E-state index contributed by atoms with van der Waals surface area (Å²) in [5.41, 5.74) is 3.01. The number of aliphatic carboxylic acids is 1. The van der Waals surface area contributed by atoms with E-state index in [9.17, 15) is 9.90 Å². The van der Waals surface area contributed by atoms with Gasteiger partial charge in [0, 0.05) is 0 Å². The molecular formula is C25H38ClNO2. The molecule has 0 aromatic heterocycles. The molecule has 3 atom stereocenters. The van der Waals surface area contributed by atoms with Gasteiger partial charge in [0.05, 0.1) is 0 Å². The van der Waals surface area contributed by atoms with Crippen LogP contribution >= 0.6 is 12.4 Å². The van der Waals surface area contributed by atoms with E-state index in [0.29, 0.717) is 11.8 Å². The van der Waals surface area contributed by atoms with Crippen LogP contribution in [0, 0.1) is 11.8 Å². The van der Waals surface area contributed by atoms with Crippen molar-refractivity contribution in [3.8, 4) is 0 Å². The highest BCUT2D eigenvalue weighted by Gasteiger charge is 2.51. The Hall–Kier alpha value is -1.06. The fourth-order valence-corrected chi connectivity index (χ4v) is 5.76. The van der Waals surface area contributed by atoms with Gasteiger partial charge in [0.1, 0.15) is 5.54 Å². The number of likely N-dealkylation sites (tertiary alicyclic amines) is 1. The summed E-state index contributed by atoms with van der Waals surface area (Å²) in [6.45, 7) is 8.63. The first-order valence-electron chi connectivity index (χ1n) is 11.6. The lowest BCUT2D eigenvalue weighted by atomic mass is 9.71. The van der Waals surface area contributed by atoms with Gasteiger partial charge in [-0.1, -0.05) is 39.0 Å². The summed E-state index contributed by atoms with van der Waals surface area (Å²) in [6, 6.07) is 6.71. The van der Waals surface area contributed by atoms with Crippen LogP contribution in [0.2, 0.25) is 0 Å². The molecule has 1 N–H and O–H groups in total. The lowest BCUT2D eigenvalue weighted by Crippen LogP contribution is -2.56. The number of hydrogen-bond acceptors (Lipinski definition) is 2. The maximum absolute atomic E-state index is 13.0. The minimum atomic E-state index is -0.841. The fraction of sp³-hybridized carbons (Fsp3) is 0.720. The summed E-state index contributed by atoms with van der Waals surface area (Å²) in [6.07, 6.45) is 9.05. The molecule has 1 saturated heterocycles. The topological polar surface area (TPSA) is 40.5 Å². The molecule has 0 radical (unpaired) electrons. The molecule has 1 aromatic rings. The molecule has 4 rings (SSSR count). The molecule has 3 aliphatic rings. The van der Waals surface area contributed by atoms with Crippen molar-refractivity contribution in [2.75, 3.05) is 13.1 Å². The highest BCUT2D eigenvalue weighted by Crippen LogP contribution is 2.52. The van der Waals surface area contributed by atoms with E-state index in [-0.39, 0.29) is 12.4 Å². The molecule has 3 nitrogen and oxygen atoms in total. The average molecular weight is 420 g/mol. The summed E-state index contributed by atoms with van der Waals surface area (Å²) in [5.74, 6) is 1.77. The van der Waals surface area contributed by atoms with Crippen LogP contribution in [-0.4, -0.2) is 29.1 Å². The lowest BCUT2D eigenvalue weighted by molar-refractivity contribution is -0.155. The molecule has 29 heavy (non-hydrogen) atoms. The number of carboxylic acid groups (broad SMARTS) is 1. The maximum Gasteiger partial charge on any atom is 0.328 e. The van der Waals surface area contributed by atoms with E-state index in [1.807, 2.05) is 0 Å². The molecule has 3 fully saturated rings. The predicted molar refractivity (Wildman–Crippen MR) is 121 cm³/mol. The average Bonchev–Trinajstić information content (AvgIpc) is 3.58. The van der Waals surface area contributed by atoms with Crippen molar-refractivity contribution >= 4 is 18.4 Å². The van der Waals surface area contributed by atoms with Gasteiger partial charge in [-0.25, -0.2) is 4.79 Å². The van der Waals surface area contributed by atoms with Crippen LogP contribution in [0.5, 0.6) is 0 Å². The Bertz CT molecular complexity index is 689. The molecule has 1 aliphatic heterocycles. The first-order valence-corrected chi connectivity index (χ1v) is 11.6. The van der Waals surface area contributed by atoms with Gasteiger partial charge < -0.3 is 5.11 Å². The molecule has 162 valence electrons. The predicted octanol–water partition coefficient (Wildman–Crippen LogP) is 6.31. The smallest absolute Gasteiger partial charge is 0.328 e. The Morgan fingerprint density at radius 1 is 1.10 bits per heavy atom. The molecule has 4 heteroatoms. The van der Waals surface area contributed by atoms with Crippen LogP contribution in [0.4, 0.5) is 0 Å². The first kappa shape index (κ1) is 22.6. The lowest BCUT2D eigenvalue weighted by Gasteiger charge is -2.47. The number of rotatable bonds is 8. The van der Waals surface area contributed by atoms with Crippen LogP contribution in [0.3, 0.4) is 0 Å². The Labute approximate surface area is 182 Å². The summed E-state index contributed by atoms with van der Waals surface area (Å²) < 4.78 is 0. The zero-order valence-electron chi connectivity index (χ0n) is 18.3. The van der Waals surface area contributed by atoms with E-state index >= 15 is 0 Å². The van der Waals surface area contributed by atoms with E-state index in [1.54, 1.807) is 0 Å². The molecule has 1 unspecified atom stereocenters. The number of hydrogen-bond donors (Lipinski definition) is 1. The minimum absolute atomic E-state index is 0. The number of piperidine rings is 1.